The van der Waals surface area contributed by atoms with Crippen LogP contribution in [0, 0.1) is 0 Å². The summed E-state index contributed by atoms with van der Waals surface area (Å²) in [6, 6.07) is 14.4. The van der Waals surface area contributed by atoms with Gasteiger partial charge in [-0.1, -0.05) is 43.2 Å². The van der Waals surface area contributed by atoms with Gasteiger partial charge in [-0.25, -0.2) is 5.48 Å². The lowest BCUT2D eigenvalue weighted by Gasteiger charge is -2.20. The minimum absolute atomic E-state index is 0.276. The Balaban J connectivity index is 1.78. The normalized spacial score (nSPS) is 12.4. The molecule has 0 saturated carbocycles. The van der Waals surface area contributed by atoms with Crippen molar-refractivity contribution >= 4 is 5.91 Å². The van der Waals surface area contributed by atoms with Crippen molar-refractivity contribution in [1.82, 2.24) is 10.8 Å². The van der Waals surface area contributed by atoms with Crippen molar-refractivity contribution in [1.29, 1.82) is 0 Å². The summed E-state index contributed by atoms with van der Waals surface area (Å²) >= 11 is 0. The Hall–Kier alpha value is -2.58. The summed E-state index contributed by atoms with van der Waals surface area (Å²) in [5.74, 6) is 0.0342. The molecule has 0 heterocycles. The molecule has 0 saturated heterocycles. The van der Waals surface area contributed by atoms with Crippen LogP contribution in [0.4, 0.5) is 13.2 Å². The van der Waals surface area contributed by atoms with E-state index in [1.54, 1.807) is 5.48 Å². The van der Waals surface area contributed by atoms with Crippen LogP contribution in [0.25, 0.3) is 0 Å². The Morgan fingerprint density at radius 2 is 1.61 bits per heavy atom. The third kappa shape index (κ3) is 9.40. The van der Waals surface area contributed by atoms with Crippen LogP contribution in [0.5, 0.6) is 5.75 Å². The maximum absolute atomic E-state index is 12.8. The second-order valence-electron chi connectivity index (χ2n) is 7.28. The molecule has 31 heavy (non-hydrogen) atoms. The molecule has 0 bridgehead atoms. The lowest BCUT2D eigenvalue weighted by atomic mass is 10.1. The average Bonchev–Trinajstić information content (AvgIpc) is 2.77. The SMILES string of the molecule is O=C(CCCCCCNCC[C@@H](Oc1ccc(C(F)(F)F)cc1)c1ccccc1)NO. The quantitative estimate of drug-likeness (QED) is 0.227. The number of amides is 1. The highest BCUT2D eigenvalue weighted by Gasteiger charge is 2.30. The molecule has 8 heteroatoms. The van der Waals surface area contributed by atoms with E-state index in [2.05, 4.69) is 5.32 Å². The Kier molecular flexibility index (Phi) is 10.3. The van der Waals surface area contributed by atoms with Crippen LogP contribution in [-0.4, -0.2) is 24.2 Å². The van der Waals surface area contributed by atoms with Crippen molar-refractivity contribution in [3.8, 4) is 5.75 Å². The van der Waals surface area contributed by atoms with Gasteiger partial charge in [-0.3, -0.25) is 10.0 Å². The van der Waals surface area contributed by atoms with Gasteiger partial charge < -0.3 is 10.1 Å². The lowest BCUT2D eigenvalue weighted by Crippen LogP contribution is -2.21. The third-order valence-corrected chi connectivity index (χ3v) is 4.85. The topological polar surface area (TPSA) is 70.6 Å². The van der Waals surface area contributed by atoms with E-state index in [9.17, 15) is 18.0 Å². The first-order valence-corrected chi connectivity index (χ1v) is 10.4. The van der Waals surface area contributed by atoms with Crippen LogP contribution in [0.2, 0.25) is 0 Å². The summed E-state index contributed by atoms with van der Waals surface area (Å²) in [4.78, 5) is 10.9. The molecule has 0 unspecified atom stereocenters. The van der Waals surface area contributed by atoms with Crippen LogP contribution >= 0.6 is 0 Å². The van der Waals surface area contributed by atoms with E-state index in [1.165, 1.54) is 12.1 Å². The number of rotatable bonds is 13. The number of nitrogens with one attached hydrogen (secondary N) is 2. The van der Waals surface area contributed by atoms with Crippen LogP contribution < -0.4 is 15.5 Å². The highest BCUT2D eigenvalue weighted by atomic mass is 19.4. The predicted molar refractivity (Wildman–Crippen MR) is 112 cm³/mol. The first-order chi connectivity index (χ1) is 14.9. The van der Waals surface area contributed by atoms with Gasteiger partial charge in [0.25, 0.3) is 0 Å². The second-order valence-corrected chi connectivity index (χ2v) is 7.28. The maximum atomic E-state index is 12.8. The van der Waals surface area contributed by atoms with Crippen molar-refractivity contribution in [2.75, 3.05) is 13.1 Å². The molecule has 170 valence electrons. The molecule has 0 spiro atoms. The number of benzene rings is 2. The number of carbonyl (C=O) groups excluding carboxylic acids is 1. The van der Waals surface area contributed by atoms with E-state index in [4.69, 9.17) is 9.94 Å². The van der Waals surface area contributed by atoms with Crippen molar-refractivity contribution in [2.45, 2.75) is 50.8 Å². The van der Waals surface area contributed by atoms with Crippen molar-refractivity contribution in [2.24, 2.45) is 0 Å². The van der Waals surface area contributed by atoms with Gasteiger partial charge in [0.15, 0.2) is 0 Å². The molecule has 0 aliphatic carbocycles. The Bertz CT molecular complexity index is 768. The van der Waals surface area contributed by atoms with Gasteiger partial charge in [-0.05, 0) is 55.8 Å². The van der Waals surface area contributed by atoms with Gasteiger partial charge >= 0.3 is 6.18 Å². The van der Waals surface area contributed by atoms with E-state index in [0.29, 0.717) is 25.1 Å². The van der Waals surface area contributed by atoms with Gasteiger partial charge in [0.1, 0.15) is 11.9 Å². The fraction of sp³-hybridized carbons (Fsp3) is 0.435. The van der Waals surface area contributed by atoms with Crippen molar-refractivity contribution in [3.63, 3.8) is 0 Å². The smallest absolute Gasteiger partial charge is 0.416 e. The molecule has 0 fully saturated rings. The number of alkyl halides is 3. The summed E-state index contributed by atoms with van der Waals surface area (Å²) in [5, 5.41) is 11.8. The molecular weight excluding hydrogens is 409 g/mol. The molecule has 1 amide bonds. The molecule has 5 nitrogen and oxygen atoms in total. The van der Waals surface area contributed by atoms with Crippen molar-refractivity contribution in [3.05, 3.63) is 65.7 Å². The fourth-order valence-electron chi connectivity index (χ4n) is 3.15. The van der Waals surface area contributed by atoms with Crippen LogP contribution in [-0.2, 0) is 11.0 Å². The summed E-state index contributed by atoms with van der Waals surface area (Å²) in [6.45, 7) is 1.53. The van der Waals surface area contributed by atoms with E-state index < -0.39 is 11.7 Å². The number of unbranched alkanes of at least 4 members (excludes halogenated alkanes) is 3. The minimum Gasteiger partial charge on any atom is -0.486 e. The molecule has 0 aliphatic rings. The fourth-order valence-corrected chi connectivity index (χ4v) is 3.15. The van der Waals surface area contributed by atoms with E-state index in [0.717, 1.165) is 49.9 Å². The molecule has 2 aromatic rings. The molecule has 1 atom stereocenters. The zero-order valence-corrected chi connectivity index (χ0v) is 17.3. The summed E-state index contributed by atoms with van der Waals surface area (Å²) in [5.41, 5.74) is 1.89. The van der Waals surface area contributed by atoms with E-state index in [1.807, 2.05) is 30.3 Å². The number of halogens is 3. The largest absolute Gasteiger partial charge is 0.486 e. The predicted octanol–water partition coefficient (Wildman–Crippen LogP) is 5.26. The zero-order valence-electron chi connectivity index (χ0n) is 17.3. The van der Waals surface area contributed by atoms with Gasteiger partial charge in [-0.15, -0.1) is 0 Å². The van der Waals surface area contributed by atoms with Gasteiger partial charge in [0.05, 0.1) is 5.56 Å². The second kappa shape index (κ2) is 13.0. The van der Waals surface area contributed by atoms with Gasteiger partial charge in [-0.2, -0.15) is 13.2 Å². The summed E-state index contributed by atoms with van der Waals surface area (Å²) in [7, 11) is 0. The Labute approximate surface area is 180 Å². The monoisotopic (exact) mass is 438 g/mol. The minimum atomic E-state index is -4.37. The first kappa shape index (κ1) is 24.7. The first-order valence-electron chi connectivity index (χ1n) is 10.4. The molecule has 0 radical (unpaired) electrons. The molecule has 3 N–H and O–H groups in total. The number of hydroxylamine groups is 1. The van der Waals surface area contributed by atoms with E-state index >= 15 is 0 Å². The number of hydrogen-bond donors (Lipinski definition) is 3. The maximum Gasteiger partial charge on any atom is 0.416 e. The Morgan fingerprint density at radius 1 is 0.935 bits per heavy atom. The molecule has 0 aliphatic heterocycles. The molecular formula is C23H29F3N2O3. The summed E-state index contributed by atoms with van der Waals surface area (Å²) in [6.07, 6.45) is -0.0465. The molecule has 0 aromatic heterocycles. The number of carbonyl (C=O) groups is 1. The average molecular weight is 438 g/mol. The van der Waals surface area contributed by atoms with Crippen LogP contribution in [0.3, 0.4) is 0 Å². The number of hydrogen-bond acceptors (Lipinski definition) is 4. The highest BCUT2D eigenvalue weighted by molar-refractivity contribution is 5.74. The van der Waals surface area contributed by atoms with E-state index in [-0.39, 0.29) is 12.0 Å². The third-order valence-electron chi connectivity index (χ3n) is 4.85. The van der Waals surface area contributed by atoms with Gasteiger partial charge in [0, 0.05) is 12.8 Å². The Morgan fingerprint density at radius 3 is 2.26 bits per heavy atom. The zero-order chi connectivity index (χ0) is 22.5. The standard InChI is InChI=1S/C23H29F3N2O3/c24-23(25,26)19-11-13-20(14-12-19)31-21(18-8-4-3-5-9-18)15-17-27-16-7-2-1-6-10-22(29)28-30/h3-5,8-9,11-14,21,27,30H,1-2,6-7,10,15-17H2,(H,28,29)/t21-/m1/s1. The molecule has 2 aromatic carbocycles. The lowest BCUT2D eigenvalue weighted by molar-refractivity contribution is -0.137. The van der Waals surface area contributed by atoms with Gasteiger partial charge in [0.2, 0.25) is 5.91 Å². The molecule has 2 rings (SSSR count). The van der Waals surface area contributed by atoms with Crippen LogP contribution in [0.1, 0.15) is 55.8 Å². The number of ether oxygens (including phenoxy) is 1. The van der Waals surface area contributed by atoms with Crippen LogP contribution in [0.15, 0.2) is 54.6 Å². The van der Waals surface area contributed by atoms with Crippen molar-refractivity contribution < 1.29 is 27.9 Å². The highest BCUT2D eigenvalue weighted by Crippen LogP contribution is 2.31. The summed E-state index contributed by atoms with van der Waals surface area (Å²) < 4.78 is 44.3.